The number of benzene rings is 2. The van der Waals surface area contributed by atoms with E-state index in [1.165, 1.54) is 0 Å². The predicted molar refractivity (Wildman–Crippen MR) is 107 cm³/mol. The van der Waals surface area contributed by atoms with Crippen LogP contribution >= 0.6 is 22.6 Å². The van der Waals surface area contributed by atoms with Gasteiger partial charge in [-0.25, -0.2) is 0 Å². The Labute approximate surface area is 161 Å². The number of carbonyl (C=O) groups is 1. The van der Waals surface area contributed by atoms with Gasteiger partial charge in [0.25, 0.3) is 0 Å². The van der Waals surface area contributed by atoms with Crippen molar-refractivity contribution in [3.05, 3.63) is 57.2 Å². The Morgan fingerprint density at radius 3 is 2.72 bits per heavy atom. The van der Waals surface area contributed by atoms with Crippen LogP contribution in [-0.4, -0.2) is 25.6 Å². The molecule has 2 unspecified atom stereocenters. The molecule has 5 heteroatoms. The van der Waals surface area contributed by atoms with Crippen LogP contribution in [0.3, 0.4) is 0 Å². The lowest BCUT2D eigenvalue weighted by atomic mass is 9.86. The summed E-state index contributed by atoms with van der Waals surface area (Å²) in [6, 6.07) is 14.1. The molecule has 0 aliphatic carbocycles. The third-order valence-corrected chi connectivity index (χ3v) is 6.08. The first-order chi connectivity index (χ1) is 12.0. The van der Waals surface area contributed by atoms with E-state index in [1.54, 1.807) is 0 Å². The zero-order valence-corrected chi connectivity index (χ0v) is 16.7. The Morgan fingerprint density at radius 2 is 1.96 bits per heavy atom. The molecule has 0 saturated carbocycles. The fourth-order valence-electron chi connectivity index (χ4n) is 4.05. The molecule has 2 heterocycles. The van der Waals surface area contributed by atoms with Crippen LogP contribution in [0, 0.1) is 3.57 Å². The maximum absolute atomic E-state index is 13.4. The average molecular weight is 448 g/mol. The number of rotatable bonds is 3. The van der Waals surface area contributed by atoms with Crippen LogP contribution in [0.2, 0.25) is 0 Å². The van der Waals surface area contributed by atoms with Crippen molar-refractivity contribution in [3.8, 4) is 5.75 Å². The van der Waals surface area contributed by atoms with Crippen molar-refractivity contribution in [3.63, 3.8) is 0 Å². The Kier molecular flexibility index (Phi) is 4.03. The highest BCUT2D eigenvalue weighted by molar-refractivity contribution is 14.1. The number of fused-ring (bicyclic) bond motifs is 2. The Hall–Kier alpha value is -1.60. The van der Waals surface area contributed by atoms with Crippen LogP contribution < -0.4 is 15.0 Å². The van der Waals surface area contributed by atoms with Gasteiger partial charge in [0.15, 0.2) is 0 Å². The molecular weight excluding hydrogens is 427 g/mol. The zero-order chi connectivity index (χ0) is 17.8. The molecular formula is C20H21IN2O2. The molecule has 130 valence electrons. The van der Waals surface area contributed by atoms with Crippen molar-refractivity contribution in [2.75, 3.05) is 18.5 Å². The lowest BCUT2D eigenvalue weighted by Gasteiger charge is -2.30. The number of anilines is 1. The highest BCUT2D eigenvalue weighted by Gasteiger charge is 2.51. The SMILES string of the molecule is CNCC1Oc2ccccc2C1N1C(=O)C(C)(C)c2c(I)cccc21. The van der Waals surface area contributed by atoms with E-state index in [4.69, 9.17) is 4.74 Å². The van der Waals surface area contributed by atoms with Crippen molar-refractivity contribution in [2.24, 2.45) is 0 Å². The van der Waals surface area contributed by atoms with Crippen molar-refractivity contribution in [1.29, 1.82) is 0 Å². The van der Waals surface area contributed by atoms with E-state index in [0.717, 1.165) is 26.1 Å². The van der Waals surface area contributed by atoms with E-state index in [9.17, 15) is 4.79 Å². The lowest BCUT2D eigenvalue weighted by Crippen LogP contribution is -2.45. The average Bonchev–Trinajstić information content (AvgIpc) is 3.02. The van der Waals surface area contributed by atoms with Crippen LogP contribution in [0.1, 0.15) is 31.0 Å². The molecule has 0 aromatic heterocycles. The van der Waals surface area contributed by atoms with Gasteiger partial charge in [-0.2, -0.15) is 0 Å². The van der Waals surface area contributed by atoms with Gasteiger partial charge in [-0.15, -0.1) is 0 Å². The van der Waals surface area contributed by atoms with Gasteiger partial charge in [-0.05, 0) is 61.7 Å². The number of carbonyl (C=O) groups excluding carboxylic acids is 1. The Balaban J connectivity index is 1.89. The van der Waals surface area contributed by atoms with Gasteiger partial charge < -0.3 is 10.1 Å². The van der Waals surface area contributed by atoms with Crippen molar-refractivity contribution >= 4 is 34.2 Å². The van der Waals surface area contributed by atoms with Crippen LogP contribution in [0.4, 0.5) is 5.69 Å². The summed E-state index contributed by atoms with van der Waals surface area (Å²) < 4.78 is 7.31. The van der Waals surface area contributed by atoms with E-state index >= 15 is 0 Å². The van der Waals surface area contributed by atoms with Crippen molar-refractivity contribution < 1.29 is 9.53 Å². The van der Waals surface area contributed by atoms with Crippen molar-refractivity contribution in [1.82, 2.24) is 5.32 Å². The largest absolute Gasteiger partial charge is 0.486 e. The number of ether oxygens (including phenoxy) is 1. The second-order valence-corrected chi connectivity index (χ2v) is 8.29. The van der Waals surface area contributed by atoms with E-state index in [2.05, 4.69) is 46.1 Å². The zero-order valence-electron chi connectivity index (χ0n) is 14.5. The molecule has 0 radical (unpaired) electrons. The highest BCUT2D eigenvalue weighted by Crippen LogP contribution is 2.51. The summed E-state index contributed by atoms with van der Waals surface area (Å²) in [7, 11) is 1.91. The molecule has 1 amide bonds. The quantitative estimate of drug-likeness (QED) is 0.730. The normalized spacial score (nSPS) is 23.4. The maximum Gasteiger partial charge on any atom is 0.237 e. The number of nitrogens with zero attached hydrogens (tertiary/aromatic N) is 1. The number of hydrogen-bond acceptors (Lipinski definition) is 3. The van der Waals surface area contributed by atoms with Crippen LogP contribution in [0.15, 0.2) is 42.5 Å². The van der Waals surface area contributed by atoms with Crippen LogP contribution in [0.25, 0.3) is 0 Å². The predicted octanol–water partition coefficient (Wildman–Crippen LogP) is 3.64. The van der Waals surface area contributed by atoms with Gasteiger partial charge in [-0.3, -0.25) is 9.69 Å². The minimum Gasteiger partial charge on any atom is -0.486 e. The third-order valence-electron chi connectivity index (χ3n) is 5.18. The number of amides is 1. The highest BCUT2D eigenvalue weighted by atomic mass is 127. The van der Waals surface area contributed by atoms with Gasteiger partial charge >= 0.3 is 0 Å². The van der Waals surface area contributed by atoms with Gasteiger partial charge in [0.2, 0.25) is 5.91 Å². The summed E-state index contributed by atoms with van der Waals surface area (Å²) >= 11 is 2.33. The molecule has 2 atom stereocenters. The molecule has 0 saturated heterocycles. The van der Waals surface area contributed by atoms with E-state index in [1.807, 2.05) is 50.1 Å². The van der Waals surface area contributed by atoms with Crippen molar-refractivity contribution in [2.45, 2.75) is 31.4 Å². The van der Waals surface area contributed by atoms with Gasteiger partial charge in [0.1, 0.15) is 17.9 Å². The first kappa shape index (κ1) is 16.8. The number of likely N-dealkylation sites (N-methyl/N-ethyl adjacent to an activating group) is 1. The number of nitrogens with one attached hydrogen (secondary N) is 1. The monoisotopic (exact) mass is 448 g/mol. The first-order valence-corrected chi connectivity index (χ1v) is 9.57. The summed E-state index contributed by atoms with van der Waals surface area (Å²) in [4.78, 5) is 15.4. The minimum atomic E-state index is -0.533. The molecule has 0 fully saturated rings. The Bertz CT molecular complexity index is 849. The van der Waals surface area contributed by atoms with E-state index in [0.29, 0.717) is 6.54 Å². The lowest BCUT2D eigenvalue weighted by molar-refractivity contribution is -0.122. The fraction of sp³-hybridized carbons (Fsp3) is 0.350. The van der Waals surface area contributed by atoms with Gasteiger partial charge in [-0.1, -0.05) is 24.3 Å². The standard InChI is InChI=1S/C20H21IN2O2/c1-20(2)17-13(21)8-6-9-14(17)23(19(20)24)18-12-7-4-5-10-15(12)25-16(18)11-22-3/h4-10,16,18,22H,11H2,1-3H3. The smallest absolute Gasteiger partial charge is 0.237 e. The molecule has 4 nitrogen and oxygen atoms in total. The molecule has 2 aromatic carbocycles. The molecule has 2 aliphatic rings. The van der Waals surface area contributed by atoms with E-state index in [-0.39, 0.29) is 18.1 Å². The second-order valence-electron chi connectivity index (χ2n) is 7.13. The minimum absolute atomic E-state index is 0.106. The van der Waals surface area contributed by atoms with Gasteiger partial charge in [0.05, 0.1) is 5.41 Å². The molecule has 25 heavy (non-hydrogen) atoms. The maximum atomic E-state index is 13.4. The third kappa shape index (κ3) is 2.39. The molecule has 4 rings (SSSR count). The summed E-state index contributed by atoms with van der Waals surface area (Å²) in [5, 5.41) is 3.20. The summed E-state index contributed by atoms with van der Waals surface area (Å²) in [6.07, 6.45) is -0.106. The number of hydrogen-bond donors (Lipinski definition) is 1. The first-order valence-electron chi connectivity index (χ1n) is 8.49. The molecule has 1 N–H and O–H groups in total. The summed E-state index contributed by atoms with van der Waals surface area (Å²) in [6.45, 7) is 4.72. The van der Waals surface area contributed by atoms with E-state index < -0.39 is 5.41 Å². The fourth-order valence-corrected chi connectivity index (χ4v) is 5.20. The Morgan fingerprint density at radius 1 is 1.20 bits per heavy atom. The molecule has 2 aliphatic heterocycles. The number of para-hydroxylation sites is 1. The van der Waals surface area contributed by atoms with Gasteiger partial charge in [0, 0.05) is 26.9 Å². The molecule has 2 aromatic rings. The summed E-state index contributed by atoms with van der Waals surface area (Å²) in [5.74, 6) is 1.01. The topological polar surface area (TPSA) is 41.6 Å². The molecule has 0 spiro atoms. The van der Waals surface area contributed by atoms with Crippen LogP contribution in [0.5, 0.6) is 5.75 Å². The number of halogens is 1. The van der Waals surface area contributed by atoms with Crippen LogP contribution in [-0.2, 0) is 10.2 Å². The summed E-state index contributed by atoms with van der Waals surface area (Å²) in [5.41, 5.74) is 2.68. The second kappa shape index (κ2) is 5.99. The molecule has 0 bridgehead atoms.